The van der Waals surface area contributed by atoms with Crippen LogP contribution in [0.15, 0.2) is 107 Å². The van der Waals surface area contributed by atoms with Crippen LogP contribution in [0.4, 0.5) is 0 Å². The molecule has 0 aliphatic heterocycles. The zero-order chi connectivity index (χ0) is 25.6. The van der Waals surface area contributed by atoms with Gasteiger partial charge in [0.15, 0.2) is 0 Å². The maximum atomic E-state index is 11.4. The van der Waals surface area contributed by atoms with E-state index in [0.29, 0.717) is 24.2 Å². The van der Waals surface area contributed by atoms with Crippen LogP contribution in [0, 0.1) is 0 Å². The van der Waals surface area contributed by atoms with Crippen molar-refractivity contribution in [3.8, 4) is 23.0 Å². The summed E-state index contributed by atoms with van der Waals surface area (Å²) in [5.74, 6) is 0.516. The molecule has 4 aromatic rings. The van der Waals surface area contributed by atoms with Crippen LogP contribution in [0.3, 0.4) is 0 Å². The van der Waals surface area contributed by atoms with E-state index in [4.69, 9.17) is 10.2 Å². The first-order chi connectivity index (χ1) is 17.5. The number of phenolic OH excluding ortho intramolecular Hbond substituents is 2. The van der Waals surface area contributed by atoms with Crippen molar-refractivity contribution in [1.82, 2.24) is 0 Å². The van der Waals surface area contributed by atoms with Crippen molar-refractivity contribution in [3.05, 3.63) is 119 Å². The first-order valence-corrected chi connectivity index (χ1v) is 11.6. The molecule has 4 rings (SSSR count). The van der Waals surface area contributed by atoms with E-state index in [2.05, 4.69) is 9.98 Å². The van der Waals surface area contributed by atoms with E-state index in [1.165, 1.54) is 12.1 Å². The number of hydrogen-bond acceptors (Lipinski definition) is 6. The van der Waals surface area contributed by atoms with Gasteiger partial charge in [-0.3, -0.25) is 9.98 Å². The molecule has 4 aromatic carbocycles. The zero-order valence-electron chi connectivity index (χ0n) is 21.0. The number of para-hydroxylation sites is 2. The van der Waals surface area contributed by atoms with E-state index in [1.54, 1.807) is 61.0 Å². The van der Waals surface area contributed by atoms with Gasteiger partial charge < -0.3 is 25.9 Å². The average Bonchev–Trinajstić information content (AvgIpc) is 2.89. The second kappa shape index (κ2) is 17.5. The smallest absolute Gasteiger partial charge is 0.872 e. The molecular weight excluding hydrogens is 534 g/mol. The van der Waals surface area contributed by atoms with E-state index in [0.717, 1.165) is 24.0 Å². The Kier molecular flexibility index (Phi) is 14.7. The second-order valence-corrected chi connectivity index (χ2v) is 7.98. The van der Waals surface area contributed by atoms with Crippen LogP contribution >= 0.6 is 0 Å². The van der Waals surface area contributed by atoms with Gasteiger partial charge >= 0.3 is 19.5 Å². The van der Waals surface area contributed by atoms with Crippen molar-refractivity contribution < 1.29 is 45.4 Å². The molecule has 0 aromatic heterocycles. The molecule has 38 heavy (non-hydrogen) atoms. The first kappa shape index (κ1) is 32.0. The van der Waals surface area contributed by atoms with Crippen molar-refractivity contribution >= 4 is 12.4 Å². The summed E-state index contributed by atoms with van der Waals surface area (Å²) < 4.78 is 0. The standard InChI is InChI=1S/2C15H15NO2.H2O.Zn/c2*17-14-7-5-12(6-8-14)9-10-16-11-13-3-1-2-4-15(13)18;;/h2*1-8,11,17-18H,9-10H2;1H2;/q;;;+2/p-2. The molecule has 192 valence electrons. The Labute approximate surface area is 235 Å². The maximum Gasteiger partial charge on any atom is 2.00 e. The van der Waals surface area contributed by atoms with Crippen LogP contribution in [0.25, 0.3) is 0 Å². The molecule has 7 nitrogen and oxygen atoms in total. The van der Waals surface area contributed by atoms with Gasteiger partial charge in [-0.05, 0) is 59.4 Å². The van der Waals surface area contributed by atoms with E-state index in [-0.39, 0.29) is 48.0 Å². The molecular formula is C30H30N2O5Zn. The SMILES string of the molecule is O.[O-]c1ccccc1C=NCCc1ccc(O)cc1.[O-]c1ccccc1C=NCCc1ccc(O)cc1.[Zn+2]. The van der Waals surface area contributed by atoms with E-state index in [1.807, 2.05) is 36.4 Å². The predicted octanol–water partition coefficient (Wildman–Crippen LogP) is 3.43. The topological polar surface area (TPSA) is 143 Å². The van der Waals surface area contributed by atoms with E-state index in [9.17, 15) is 10.2 Å². The molecule has 0 saturated carbocycles. The summed E-state index contributed by atoms with van der Waals surface area (Å²) in [6, 6.07) is 27.8. The fourth-order valence-electron chi connectivity index (χ4n) is 3.21. The molecule has 0 aliphatic carbocycles. The number of hydrogen-bond donors (Lipinski definition) is 2. The fraction of sp³-hybridized carbons (Fsp3) is 0.133. The molecule has 4 N–H and O–H groups in total. The summed E-state index contributed by atoms with van der Waals surface area (Å²) in [6.07, 6.45) is 4.81. The Morgan fingerprint density at radius 1 is 0.553 bits per heavy atom. The summed E-state index contributed by atoms with van der Waals surface area (Å²) in [6.45, 7) is 1.25. The summed E-state index contributed by atoms with van der Waals surface area (Å²) in [4.78, 5) is 8.47. The quantitative estimate of drug-likeness (QED) is 0.250. The van der Waals surface area contributed by atoms with Gasteiger partial charge in [0, 0.05) is 25.5 Å². The Hall–Kier alpha value is -4.00. The Morgan fingerprint density at radius 3 is 1.24 bits per heavy atom. The molecule has 0 radical (unpaired) electrons. The number of phenols is 2. The molecule has 0 atom stereocenters. The normalized spacial score (nSPS) is 10.3. The Morgan fingerprint density at radius 2 is 0.895 bits per heavy atom. The number of aliphatic imine (C=N–C) groups is 2. The molecule has 0 aliphatic rings. The van der Waals surface area contributed by atoms with Gasteiger partial charge in [-0.25, -0.2) is 0 Å². The van der Waals surface area contributed by atoms with Gasteiger partial charge in [-0.15, -0.1) is 11.5 Å². The molecule has 0 fully saturated rings. The van der Waals surface area contributed by atoms with Gasteiger partial charge in [0.2, 0.25) is 0 Å². The van der Waals surface area contributed by atoms with Gasteiger partial charge in [0.05, 0.1) is 0 Å². The Balaban J connectivity index is 0.000000361. The minimum atomic E-state index is -0.00844. The average molecular weight is 564 g/mol. The Bertz CT molecular complexity index is 1180. The van der Waals surface area contributed by atoms with Gasteiger partial charge in [-0.1, -0.05) is 72.8 Å². The van der Waals surface area contributed by atoms with Crippen molar-refractivity contribution in [1.29, 1.82) is 0 Å². The number of nitrogens with zero attached hydrogens (tertiary/aromatic N) is 2. The molecule has 8 heteroatoms. The van der Waals surface area contributed by atoms with Crippen LogP contribution in [0.2, 0.25) is 0 Å². The fourth-order valence-corrected chi connectivity index (χ4v) is 3.21. The van der Waals surface area contributed by atoms with Crippen LogP contribution in [0.5, 0.6) is 23.0 Å². The molecule has 0 heterocycles. The first-order valence-electron chi connectivity index (χ1n) is 11.6. The van der Waals surface area contributed by atoms with Gasteiger partial charge in [0.1, 0.15) is 11.5 Å². The van der Waals surface area contributed by atoms with Crippen molar-refractivity contribution in [3.63, 3.8) is 0 Å². The molecule has 0 unspecified atom stereocenters. The number of benzene rings is 4. The third kappa shape index (κ3) is 11.4. The minimum Gasteiger partial charge on any atom is -0.872 e. The summed E-state index contributed by atoms with van der Waals surface area (Å²) in [5, 5.41) is 41.1. The van der Waals surface area contributed by atoms with Crippen molar-refractivity contribution in [2.45, 2.75) is 12.8 Å². The summed E-state index contributed by atoms with van der Waals surface area (Å²) in [7, 11) is 0. The molecule has 0 saturated heterocycles. The molecule has 0 amide bonds. The summed E-state index contributed by atoms with van der Waals surface area (Å²) >= 11 is 0. The third-order valence-corrected chi connectivity index (χ3v) is 5.23. The summed E-state index contributed by atoms with van der Waals surface area (Å²) in [5.41, 5.74) is 3.45. The predicted molar refractivity (Wildman–Crippen MR) is 144 cm³/mol. The van der Waals surface area contributed by atoms with Crippen LogP contribution in [-0.4, -0.2) is 41.2 Å². The zero-order valence-corrected chi connectivity index (χ0v) is 24.0. The monoisotopic (exact) mass is 562 g/mol. The molecule has 0 bridgehead atoms. The van der Waals surface area contributed by atoms with Gasteiger partial charge in [-0.2, -0.15) is 0 Å². The van der Waals surface area contributed by atoms with Crippen molar-refractivity contribution in [2.24, 2.45) is 9.98 Å². The molecule has 0 spiro atoms. The van der Waals surface area contributed by atoms with Crippen LogP contribution < -0.4 is 10.2 Å². The second-order valence-electron chi connectivity index (χ2n) is 7.98. The minimum absolute atomic E-state index is 0. The van der Waals surface area contributed by atoms with Crippen LogP contribution in [-0.2, 0) is 32.3 Å². The van der Waals surface area contributed by atoms with Crippen LogP contribution in [0.1, 0.15) is 22.3 Å². The third-order valence-electron chi connectivity index (χ3n) is 5.23. The maximum absolute atomic E-state index is 11.4. The van der Waals surface area contributed by atoms with Gasteiger partial charge in [0.25, 0.3) is 0 Å². The van der Waals surface area contributed by atoms with Crippen molar-refractivity contribution in [2.75, 3.05) is 13.1 Å². The van der Waals surface area contributed by atoms with E-state index >= 15 is 0 Å². The van der Waals surface area contributed by atoms with E-state index < -0.39 is 0 Å². The number of aromatic hydroxyl groups is 2. The number of rotatable bonds is 8. The largest absolute Gasteiger partial charge is 2.00 e.